The van der Waals surface area contributed by atoms with E-state index in [1.165, 1.54) is 11.3 Å². The quantitative estimate of drug-likeness (QED) is 0.440. The van der Waals surface area contributed by atoms with Crippen molar-refractivity contribution in [2.45, 2.75) is 39.9 Å². The van der Waals surface area contributed by atoms with Gasteiger partial charge in [0.1, 0.15) is 0 Å². The smallest absolute Gasteiger partial charge is 0.321 e. The second-order valence-electron chi connectivity index (χ2n) is 6.98. The number of hydrogen-bond acceptors (Lipinski definition) is 6. The molecule has 2 rings (SSSR count). The molecule has 156 valence electrons. The summed E-state index contributed by atoms with van der Waals surface area (Å²) < 4.78 is 6.30. The van der Waals surface area contributed by atoms with Crippen LogP contribution in [0.4, 0.5) is 9.93 Å². The average Bonchev–Trinajstić information content (AvgIpc) is 3.04. The summed E-state index contributed by atoms with van der Waals surface area (Å²) in [5.41, 5.74) is 2.97. The predicted molar refractivity (Wildman–Crippen MR) is 121 cm³/mol. The third-order valence-electron chi connectivity index (χ3n) is 4.26. The Hall–Kier alpha value is -2.55. The number of allylic oxidation sites excluding steroid dienone is 2. The molecule has 7 nitrogen and oxygen atoms in total. The number of urea groups is 1. The highest BCUT2D eigenvalue weighted by Gasteiger charge is 2.16. The Labute approximate surface area is 175 Å². The molecule has 29 heavy (non-hydrogen) atoms. The highest BCUT2D eigenvalue weighted by molar-refractivity contribution is 7.22. The largest absolute Gasteiger partial charge is 0.385 e. The molecule has 8 heteroatoms. The molecule has 0 saturated heterocycles. The molecule has 2 amide bonds. The molecule has 0 aliphatic carbocycles. The maximum atomic E-state index is 11.8. The second-order valence-corrected chi connectivity index (χ2v) is 7.98. The van der Waals surface area contributed by atoms with E-state index < -0.39 is 5.60 Å². The van der Waals surface area contributed by atoms with Crippen molar-refractivity contribution in [2.24, 2.45) is 4.99 Å². The van der Waals surface area contributed by atoms with Gasteiger partial charge in [-0.25, -0.2) is 9.78 Å². The van der Waals surface area contributed by atoms with Gasteiger partial charge in [-0.15, -0.1) is 0 Å². The van der Waals surface area contributed by atoms with Crippen molar-refractivity contribution in [1.29, 1.82) is 0 Å². The molecular formula is C21H28N4O3S. The topological polar surface area (TPSA) is 95.8 Å². The Morgan fingerprint density at radius 2 is 2.17 bits per heavy atom. The summed E-state index contributed by atoms with van der Waals surface area (Å²) in [5, 5.41) is 16.0. The van der Waals surface area contributed by atoms with Crippen LogP contribution in [0.25, 0.3) is 15.8 Å². The first-order valence-corrected chi connectivity index (χ1v) is 10.1. The van der Waals surface area contributed by atoms with E-state index in [1.54, 1.807) is 40.2 Å². The van der Waals surface area contributed by atoms with Crippen molar-refractivity contribution < 1.29 is 14.6 Å². The van der Waals surface area contributed by atoms with Crippen LogP contribution in [0.5, 0.6) is 0 Å². The van der Waals surface area contributed by atoms with Gasteiger partial charge < -0.3 is 15.2 Å². The van der Waals surface area contributed by atoms with Crippen molar-refractivity contribution in [3.63, 3.8) is 0 Å². The SMILES string of the molecule is C=C/C(=C\N=C(C)C(C)(C)O)c1cc(COC)c2sc(NC(=O)NCC)nc2c1. The van der Waals surface area contributed by atoms with Gasteiger partial charge in [0.05, 0.1) is 22.4 Å². The second kappa shape index (κ2) is 9.78. The highest BCUT2D eigenvalue weighted by atomic mass is 32.1. The first kappa shape index (κ1) is 22.7. The average molecular weight is 417 g/mol. The Balaban J connectivity index is 2.50. The molecule has 0 fully saturated rings. The number of carbonyl (C=O) groups excluding carboxylic acids is 1. The molecule has 0 radical (unpaired) electrons. The zero-order valence-corrected chi connectivity index (χ0v) is 18.3. The fourth-order valence-electron chi connectivity index (χ4n) is 2.46. The van der Waals surface area contributed by atoms with Crippen molar-refractivity contribution in [1.82, 2.24) is 10.3 Å². The van der Waals surface area contributed by atoms with Crippen LogP contribution in [-0.2, 0) is 11.3 Å². The molecule has 0 unspecified atom stereocenters. The van der Waals surface area contributed by atoms with Crippen LogP contribution in [0, 0.1) is 0 Å². The van der Waals surface area contributed by atoms with E-state index in [2.05, 4.69) is 27.2 Å². The lowest BCUT2D eigenvalue weighted by Crippen LogP contribution is -2.28. The number of benzene rings is 1. The lowest BCUT2D eigenvalue weighted by atomic mass is 10.0. The molecule has 0 aliphatic heterocycles. The summed E-state index contributed by atoms with van der Waals surface area (Å²) in [6, 6.07) is 3.64. The number of carbonyl (C=O) groups is 1. The Kier molecular flexibility index (Phi) is 7.66. The minimum absolute atomic E-state index is 0.289. The number of rotatable bonds is 8. The molecule has 1 aromatic carbocycles. The van der Waals surface area contributed by atoms with E-state index in [4.69, 9.17) is 4.74 Å². The molecule has 0 saturated carbocycles. The van der Waals surface area contributed by atoms with Crippen molar-refractivity contribution in [3.8, 4) is 0 Å². The summed E-state index contributed by atoms with van der Waals surface area (Å²) >= 11 is 1.40. The number of aliphatic imine (C=N–C) groups is 1. The number of nitrogens with zero attached hydrogens (tertiary/aromatic N) is 2. The molecule has 1 aromatic heterocycles. The molecule has 0 spiro atoms. The van der Waals surface area contributed by atoms with Crippen LogP contribution in [-0.4, -0.2) is 41.1 Å². The van der Waals surface area contributed by atoms with Crippen molar-refractivity contribution in [2.75, 3.05) is 19.0 Å². The molecular weight excluding hydrogens is 388 g/mol. The molecule has 2 aromatic rings. The van der Waals surface area contributed by atoms with Gasteiger partial charge in [-0.1, -0.05) is 24.0 Å². The van der Waals surface area contributed by atoms with E-state index in [-0.39, 0.29) is 6.03 Å². The number of methoxy groups -OCH3 is 1. The molecule has 3 N–H and O–H groups in total. The number of aromatic nitrogens is 1. The summed E-state index contributed by atoms with van der Waals surface area (Å²) in [4.78, 5) is 20.7. The van der Waals surface area contributed by atoms with E-state index in [0.717, 1.165) is 26.9 Å². The third kappa shape index (κ3) is 5.96. The standard InChI is InChI=1S/C21H28N4O3S/c1-7-14(11-23-13(3)21(4,5)27)15-9-16(12-28-6)18-17(10-15)24-20(29-18)25-19(26)22-8-2/h7,9-11,27H,1,8,12H2,2-6H3,(H2,22,24,25,26)/b14-11+,23-13?. The van der Waals surface area contributed by atoms with Gasteiger partial charge in [0.15, 0.2) is 5.13 Å². The molecule has 0 aliphatic rings. The lowest BCUT2D eigenvalue weighted by molar-refractivity contribution is 0.153. The van der Waals surface area contributed by atoms with Crippen LogP contribution in [0.1, 0.15) is 38.8 Å². The number of anilines is 1. The van der Waals surface area contributed by atoms with Gasteiger partial charge >= 0.3 is 6.03 Å². The maximum absolute atomic E-state index is 11.8. The van der Waals surface area contributed by atoms with Gasteiger partial charge in [0.2, 0.25) is 0 Å². The number of thiazole rings is 1. The van der Waals surface area contributed by atoms with Crippen LogP contribution in [0.15, 0.2) is 36.0 Å². The Bertz CT molecular complexity index is 955. The molecule has 0 bridgehead atoms. The number of nitrogens with one attached hydrogen (secondary N) is 2. The molecule has 0 atom stereocenters. The number of ether oxygens (including phenoxy) is 1. The predicted octanol–water partition coefficient (Wildman–Crippen LogP) is 4.34. The first-order valence-electron chi connectivity index (χ1n) is 9.27. The van der Waals surface area contributed by atoms with Crippen LogP contribution < -0.4 is 10.6 Å². The summed E-state index contributed by atoms with van der Waals surface area (Å²) in [6.45, 7) is 11.8. The van der Waals surface area contributed by atoms with E-state index in [0.29, 0.717) is 24.0 Å². The number of aliphatic hydroxyl groups is 1. The van der Waals surface area contributed by atoms with Crippen LogP contribution >= 0.6 is 11.3 Å². The number of fused-ring (bicyclic) bond motifs is 1. The van der Waals surface area contributed by atoms with Gasteiger partial charge in [0.25, 0.3) is 0 Å². The van der Waals surface area contributed by atoms with Crippen molar-refractivity contribution in [3.05, 3.63) is 42.1 Å². The van der Waals surface area contributed by atoms with Gasteiger partial charge in [-0.05, 0) is 56.5 Å². The zero-order chi connectivity index (χ0) is 21.6. The Morgan fingerprint density at radius 3 is 2.76 bits per heavy atom. The van der Waals surface area contributed by atoms with E-state index >= 15 is 0 Å². The van der Waals surface area contributed by atoms with Crippen molar-refractivity contribution >= 4 is 44.0 Å². The minimum Gasteiger partial charge on any atom is -0.385 e. The van der Waals surface area contributed by atoms with Crippen LogP contribution in [0.2, 0.25) is 0 Å². The van der Waals surface area contributed by atoms with E-state index in [9.17, 15) is 9.90 Å². The third-order valence-corrected chi connectivity index (χ3v) is 5.32. The fraction of sp³-hybridized carbons (Fsp3) is 0.381. The summed E-state index contributed by atoms with van der Waals surface area (Å²) in [5.74, 6) is 0. The normalized spacial score (nSPS) is 12.9. The minimum atomic E-state index is -0.998. The monoisotopic (exact) mass is 416 g/mol. The first-order chi connectivity index (χ1) is 13.7. The molecule has 1 heterocycles. The fourth-order valence-corrected chi connectivity index (χ4v) is 3.40. The number of hydrogen-bond donors (Lipinski definition) is 3. The highest BCUT2D eigenvalue weighted by Crippen LogP contribution is 2.33. The lowest BCUT2D eigenvalue weighted by Gasteiger charge is -2.16. The van der Waals surface area contributed by atoms with E-state index in [1.807, 2.05) is 19.1 Å². The van der Waals surface area contributed by atoms with Gasteiger partial charge in [-0.2, -0.15) is 0 Å². The van der Waals surface area contributed by atoms with Gasteiger partial charge in [-0.3, -0.25) is 10.3 Å². The van der Waals surface area contributed by atoms with Crippen LogP contribution in [0.3, 0.4) is 0 Å². The summed E-state index contributed by atoms with van der Waals surface area (Å²) in [6.07, 6.45) is 3.39. The zero-order valence-electron chi connectivity index (χ0n) is 17.5. The van der Waals surface area contributed by atoms with Gasteiger partial charge in [0, 0.05) is 25.6 Å². The Morgan fingerprint density at radius 1 is 1.45 bits per heavy atom. The number of amides is 2. The maximum Gasteiger partial charge on any atom is 0.321 e. The summed E-state index contributed by atoms with van der Waals surface area (Å²) in [7, 11) is 1.63.